The Balaban J connectivity index is 2.13. The van der Waals surface area contributed by atoms with Gasteiger partial charge >= 0.3 is 6.09 Å². The highest BCUT2D eigenvalue weighted by molar-refractivity contribution is 6.17. The molecule has 0 radical (unpaired) electrons. The van der Waals surface area contributed by atoms with Crippen LogP contribution >= 0.6 is 11.6 Å². The lowest BCUT2D eigenvalue weighted by Gasteiger charge is -2.27. The molecule has 1 atom stereocenters. The van der Waals surface area contributed by atoms with Gasteiger partial charge in [-0.05, 0) is 6.07 Å². The fourth-order valence-electron chi connectivity index (χ4n) is 1.62. The summed E-state index contributed by atoms with van der Waals surface area (Å²) in [5.74, 6) is 0.312. The first-order valence-corrected chi connectivity index (χ1v) is 5.73. The summed E-state index contributed by atoms with van der Waals surface area (Å²) in [6.45, 7) is 0.122. The second kappa shape index (κ2) is 5.30. The summed E-state index contributed by atoms with van der Waals surface area (Å²) in [6, 6.07) is 2.48. The van der Waals surface area contributed by atoms with E-state index in [2.05, 4.69) is 4.74 Å². The Bertz CT molecular complexity index is 469. The number of fused-ring (bicyclic) bond motifs is 1. The monoisotopic (exact) mass is 275 g/mol. The van der Waals surface area contributed by atoms with Crippen LogP contribution in [-0.4, -0.2) is 25.4 Å². The molecule has 0 bridgehead atoms. The maximum atomic E-state index is 13.3. The van der Waals surface area contributed by atoms with Gasteiger partial charge in [-0.2, -0.15) is 0 Å². The molecule has 0 aromatic heterocycles. The quantitative estimate of drug-likeness (QED) is 0.854. The van der Waals surface area contributed by atoms with E-state index in [1.54, 1.807) is 0 Å². The van der Waals surface area contributed by atoms with Crippen LogP contribution in [0.5, 0.6) is 11.5 Å². The summed E-state index contributed by atoms with van der Waals surface area (Å²) in [5.41, 5.74) is 5.35. The number of halogens is 2. The number of rotatable bonds is 3. The number of hydrogen-bond donors (Lipinski definition) is 1. The standard InChI is InChI=1S/C11H11ClFNO4/c12-3-6-1-7(13)2-9-10(6)16-4-8(18-9)5-17-11(14)15/h1-2,8H,3-5H2,(H2,14,15). The molecule has 0 saturated heterocycles. The number of hydrogen-bond acceptors (Lipinski definition) is 4. The number of carbonyl (C=O) groups excluding carboxylic acids is 1. The molecule has 5 nitrogen and oxygen atoms in total. The van der Waals surface area contributed by atoms with Crippen molar-refractivity contribution < 1.29 is 23.4 Å². The normalized spacial score (nSPS) is 17.3. The van der Waals surface area contributed by atoms with E-state index < -0.39 is 18.0 Å². The lowest BCUT2D eigenvalue weighted by Crippen LogP contribution is -2.35. The van der Waals surface area contributed by atoms with Crippen LogP contribution in [-0.2, 0) is 10.6 Å². The third-order valence-corrected chi connectivity index (χ3v) is 2.65. The van der Waals surface area contributed by atoms with Crippen molar-refractivity contribution in [1.29, 1.82) is 0 Å². The fraction of sp³-hybridized carbons (Fsp3) is 0.364. The van der Waals surface area contributed by atoms with E-state index in [1.807, 2.05) is 0 Å². The fourth-order valence-corrected chi connectivity index (χ4v) is 1.82. The SMILES string of the molecule is NC(=O)OCC1COc2c(CCl)cc(F)cc2O1. The average molecular weight is 276 g/mol. The third kappa shape index (κ3) is 2.76. The van der Waals surface area contributed by atoms with Crippen molar-refractivity contribution in [2.45, 2.75) is 12.0 Å². The largest absolute Gasteiger partial charge is 0.485 e. The number of ether oxygens (including phenoxy) is 3. The first-order chi connectivity index (χ1) is 8.60. The van der Waals surface area contributed by atoms with E-state index in [-0.39, 0.29) is 24.8 Å². The third-order valence-electron chi connectivity index (χ3n) is 2.36. The first kappa shape index (κ1) is 12.8. The smallest absolute Gasteiger partial charge is 0.404 e. The highest BCUT2D eigenvalue weighted by atomic mass is 35.5. The van der Waals surface area contributed by atoms with Crippen molar-refractivity contribution in [2.24, 2.45) is 5.73 Å². The summed E-state index contributed by atoms with van der Waals surface area (Å²) in [5, 5.41) is 0. The van der Waals surface area contributed by atoms with Crippen LogP contribution in [0.2, 0.25) is 0 Å². The summed E-state index contributed by atoms with van der Waals surface area (Å²) in [7, 11) is 0. The van der Waals surface area contributed by atoms with Crippen molar-refractivity contribution in [3.8, 4) is 11.5 Å². The van der Waals surface area contributed by atoms with Gasteiger partial charge in [0.15, 0.2) is 17.6 Å². The van der Waals surface area contributed by atoms with Crippen LogP contribution in [0.3, 0.4) is 0 Å². The van der Waals surface area contributed by atoms with Crippen molar-refractivity contribution in [3.05, 3.63) is 23.5 Å². The topological polar surface area (TPSA) is 70.8 Å². The zero-order chi connectivity index (χ0) is 13.1. The van der Waals surface area contributed by atoms with Crippen molar-refractivity contribution >= 4 is 17.7 Å². The van der Waals surface area contributed by atoms with Crippen molar-refractivity contribution in [1.82, 2.24) is 0 Å². The van der Waals surface area contributed by atoms with Gasteiger partial charge in [-0.1, -0.05) is 0 Å². The molecular formula is C11H11ClFNO4. The average Bonchev–Trinajstić information content (AvgIpc) is 2.34. The number of carbonyl (C=O) groups is 1. The molecule has 0 aliphatic carbocycles. The maximum absolute atomic E-state index is 13.3. The number of primary amides is 1. The van der Waals surface area contributed by atoms with Crippen LogP contribution in [0.15, 0.2) is 12.1 Å². The zero-order valence-electron chi connectivity index (χ0n) is 9.32. The zero-order valence-corrected chi connectivity index (χ0v) is 10.1. The Hall–Kier alpha value is -1.69. The minimum Gasteiger partial charge on any atom is -0.485 e. The molecule has 18 heavy (non-hydrogen) atoms. The Kier molecular flexibility index (Phi) is 3.76. The van der Waals surface area contributed by atoms with E-state index in [4.69, 9.17) is 26.8 Å². The molecule has 7 heteroatoms. The van der Waals surface area contributed by atoms with Crippen LogP contribution in [0.4, 0.5) is 9.18 Å². The summed E-state index contributed by atoms with van der Waals surface area (Å²) < 4.78 is 28.8. The van der Waals surface area contributed by atoms with Gasteiger partial charge in [0.2, 0.25) is 0 Å². The summed E-state index contributed by atoms with van der Waals surface area (Å²) in [6.07, 6.45) is -1.42. The van der Waals surface area contributed by atoms with Crippen LogP contribution < -0.4 is 15.2 Å². The van der Waals surface area contributed by atoms with E-state index >= 15 is 0 Å². The van der Waals surface area contributed by atoms with Crippen LogP contribution in [0.1, 0.15) is 5.56 Å². The van der Waals surface area contributed by atoms with Gasteiger partial charge in [-0.15, -0.1) is 11.6 Å². The van der Waals surface area contributed by atoms with Crippen molar-refractivity contribution in [2.75, 3.05) is 13.2 Å². The Labute approximate surface area is 108 Å². The lowest BCUT2D eigenvalue weighted by atomic mass is 10.2. The van der Waals surface area contributed by atoms with Gasteiger partial charge in [0, 0.05) is 11.6 Å². The molecule has 2 rings (SSSR count). The molecule has 1 heterocycles. The molecule has 1 aliphatic rings. The molecule has 1 aromatic rings. The number of alkyl halides is 1. The number of benzene rings is 1. The molecule has 1 aliphatic heterocycles. The second-order valence-corrected chi connectivity index (χ2v) is 3.97. The van der Waals surface area contributed by atoms with E-state index in [9.17, 15) is 9.18 Å². The summed E-state index contributed by atoms with van der Waals surface area (Å²) in [4.78, 5) is 10.5. The van der Waals surface area contributed by atoms with E-state index in [0.29, 0.717) is 11.3 Å². The molecule has 1 aromatic carbocycles. The summed E-state index contributed by atoms with van der Waals surface area (Å²) >= 11 is 5.69. The molecular weight excluding hydrogens is 265 g/mol. The minimum atomic E-state index is -0.898. The van der Waals surface area contributed by atoms with Crippen molar-refractivity contribution in [3.63, 3.8) is 0 Å². The highest BCUT2D eigenvalue weighted by Gasteiger charge is 2.25. The Morgan fingerprint density at radius 2 is 2.39 bits per heavy atom. The molecule has 0 spiro atoms. The van der Waals surface area contributed by atoms with Gasteiger partial charge in [0.25, 0.3) is 0 Å². The van der Waals surface area contributed by atoms with E-state index in [0.717, 1.165) is 0 Å². The van der Waals surface area contributed by atoms with E-state index in [1.165, 1.54) is 12.1 Å². The molecule has 0 saturated carbocycles. The predicted octanol–water partition coefficient (Wildman–Crippen LogP) is 1.80. The van der Waals surface area contributed by atoms with Gasteiger partial charge in [-0.25, -0.2) is 9.18 Å². The Morgan fingerprint density at radius 3 is 3.06 bits per heavy atom. The van der Waals surface area contributed by atoms with Gasteiger partial charge in [0.05, 0.1) is 5.88 Å². The van der Waals surface area contributed by atoms with Gasteiger partial charge < -0.3 is 19.9 Å². The molecule has 1 amide bonds. The second-order valence-electron chi connectivity index (χ2n) is 3.71. The maximum Gasteiger partial charge on any atom is 0.404 e. The predicted molar refractivity (Wildman–Crippen MR) is 61.4 cm³/mol. The van der Waals surface area contributed by atoms with Gasteiger partial charge in [-0.3, -0.25) is 0 Å². The lowest BCUT2D eigenvalue weighted by molar-refractivity contribution is 0.0353. The molecule has 0 fully saturated rings. The first-order valence-electron chi connectivity index (χ1n) is 5.20. The van der Waals surface area contributed by atoms with Crippen LogP contribution in [0, 0.1) is 5.82 Å². The van der Waals surface area contributed by atoms with Gasteiger partial charge in [0.1, 0.15) is 19.0 Å². The van der Waals surface area contributed by atoms with Crippen LogP contribution in [0.25, 0.3) is 0 Å². The number of amides is 1. The molecule has 2 N–H and O–H groups in total. The Morgan fingerprint density at radius 1 is 1.61 bits per heavy atom. The number of nitrogens with two attached hydrogens (primary N) is 1. The minimum absolute atomic E-state index is 0.0541. The molecule has 1 unspecified atom stereocenters. The molecule has 98 valence electrons. The highest BCUT2D eigenvalue weighted by Crippen LogP contribution is 2.37.